The first-order chi connectivity index (χ1) is 23.4. The number of carbonyl (C=O) groups excluding carboxylic acids is 2. The summed E-state index contributed by atoms with van der Waals surface area (Å²) < 4.78 is 53.7. The summed E-state index contributed by atoms with van der Waals surface area (Å²) in [7, 11) is 0. The Kier molecular flexibility index (Phi) is 8.62. The molecular formula is C40H43F3N2O4. The van der Waals surface area contributed by atoms with Crippen LogP contribution in [-0.2, 0) is 38.8 Å². The van der Waals surface area contributed by atoms with Crippen LogP contribution in [0.15, 0.2) is 78.9 Å². The molecule has 1 spiro atoms. The summed E-state index contributed by atoms with van der Waals surface area (Å²) in [5.41, 5.74) is 1.62. The number of likely N-dealkylation sites (tertiary alicyclic amines) is 1. The van der Waals surface area contributed by atoms with Gasteiger partial charge in [-0.05, 0) is 85.5 Å². The first-order valence-electron chi connectivity index (χ1n) is 17.4. The van der Waals surface area contributed by atoms with E-state index in [0.717, 1.165) is 49.4 Å². The number of amides is 1. The maximum atomic E-state index is 14.1. The molecule has 258 valence electrons. The normalized spacial score (nSPS) is 27.1. The zero-order valence-corrected chi connectivity index (χ0v) is 28.2. The highest BCUT2D eigenvalue weighted by atomic mass is 19.4. The molecule has 2 heterocycles. The largest absolute Gasteiger partial charge is 0.487 e. The van der Waals surface area contributed by atoms with E-state index in [1.165, 1.54) is 36.3 Å². The molecule has 2 fully saturated rings. The average Bonchev–Trinajstić information content (AvgIpc) is 3.41. The van der Waals surface area contributed by atoms with Crippen LogP contribution in [0.1, 0.15) is 67.9 Å². The summed E-state index contributed by atoms with van der Waals surface area (Å²) in [4.78, 5) is 31.5. The van der Waals surface area contributed by atoms with E-state index in [-0.39, 0.29) is 29.9 Å². The number of hydrogen-bond acceptors (Lipinski definition) is 5. The van der Waals surface area contributed by atoms with Crippen molar-refractivity contribution in [2.45, 2.75) is 88.3 Å². The molecule has 1 saturated carbocycles. The summed E-state index contributed by atoms with van der Waals surface area (Å²) in [6, 6.07) is 21.2. The summed E-state index contributed by atoms with van der Waals surface area (Å²) in [6.45, 7) is 7.66. The Balaban J connectivity index is 1.26. The van der Waals surface area contributed by atoms with Crippen molar-refractivity contribution in [2.24, 2.45) is 5.92 Å². The van der Waals surface area contributed by atoms with Gasteiger partial charge in [0.05, 0.1) is 23.1 Å². The molecule has 49 heavy (non-hydrogen) atoms. The van der Waals surface area contributed by atoms with Gasteiger partial charge in [-0.15, -0.1) is 0 Å². The van der Waals surface area contributed by atoms with Crippen molar-refractivity contribution < 1.29 is 32.2 Å². The highest BCUT2D eigenvalue weighted by Gasteiger charge is 2.75. The molecule has 5 atom stereocenters. The molecule has 1 amide bonds. The van der Waals surface area contributed by atoms with Crippen LogP contribution in [0.3, 0.4) is 0 Å². The zero-order chi connectivity index (χ0) is 34.6. The van der Waals surface area contributed by atoms with Gasteiger partial charge in [0.25, 0.3) is 0 Å². The van der Waals surface area contributed by atoms with Gasteiger partial charge in [0, 0.05) is 31.7 Å². The zero-order valence-electron chi connectivity index (χ0n) is 28.2. The van der Waals surface area contributed by atoms with Gasteiger partial charge < -0.3 is 14.4 Å². The molecule has 9 heteroatoms. The summed E-state index contributed by atoms with van der Waals surface area (Å²) in [6.07, 6.45) is 1.36. The third-order valence-corrected chi connectivity index (χ3v) is 11.1. The van der Waals surface area contributed by atoms with E-state index in [9.17, 15) is 22.8 Å². The van der Waals surface area contributed by atoms with Crippen LogP contribution in [0, 0.1) is 5.92 Å². The first kappa shape index (κ1) is 33.4. The molecular weight excluding hydrogens is 629 g/mol. The monoisotopic (exact) mass is 672 g/mol. The minimum atomic E-state index is -4.48. The predicted molar refractivity (Wildman–Crippen MR) is 181 cm³/mol. The standard InChI is InChI=1S/C40H43F3N2O4/c1-26(2)25-45(35(47)16-15-29-11-7-13-31(23-29)40(41,42)43)32-17-19-39(49-27(3)46)34-24-30-12-8-14-33-36(30)38(39,37(32)48-33)20-22-44(34)21-18-28-9-5-4-6-10-28/h4-16,23,26,32,34,37H,17-22,24-25H2,1-3H3/t32-,34+,37-,38-,39+/m0/s1. The van der Waals surface area contributed by atoms with Gasteiger partial charge in [0.1, 0.15) is 17.5 Å². The Bertz CT molecular complexity index is 1760. The van der Waals surface area contributed by atoms with E-state index in [1.54, 1.807) is 6.07 Å². The van der Waals surface area contributed by atoms with Crippen molar-refractivity contribution >= 4 is 18.0 Å². The molecule has 2 bridgehead atoms. The number of carbonyl (C=O) groups is 2. The molecule has 0 unspecified atom stereocenters. The Morgan fingerprint density at radius 1 is 1.06 bits per heavy atom. The van der Waals surface area contributed by atoms with E-state index in [0.29, 0.717) is 31.4 Å². The molecule has 0 N–H and O–H groups in total. The minimum absolute atomic E-state index is 0.0585. The van der Waals surface area contributed by atoms with E-state index < -0.39 is 28.9 Å². The second-order valence-corrected chi connectivity index (χ2v) is 14.5. The van der Waals surface area contributed by atoms with Gasteiger partial charge in [-0.3, -0.25) is 14.5 Å². The first-order valence-corrected chi connectivity index (χ1v) is 17.4. The van der Waals surface area contributed by atoms with Gasteiger partial charge in [-0.1, -0.05) is 68.4 Å². The minimum Gasteiger partial charge on any atom is -0.487 e. The maximum absolute atomic E-state index is 14.1. The SMILES string of the molecule is CC(=O)O[C@@]12CC[C@H](N(CC(C)C)C(=O)C=Cc3cccc(C(F)(F)F)c3)[C@@H]3Oc4cccc5c4[C@@]31CCN(CCc1ccccc1)[C@@H]2C5. The second kappa shape index (κ2) is 12.7. The van der Waals surface area contributed by atoms with Crippen LogP contribution in [0.2, 0.25) is 0 Å². The maximum Gasteiger partial charge on any atom is 0.416 e. The molecule has 4 aliphatic rings. The fourth-order valence-corrected chi connectivity index (χ4v) is 9.38. The smallest absolute Gasteiger partial charge is 0.416 e. The van der Waals surface area contributed by atoms with Crippen molar-refractivity contribution in [3.8, 4) is 5.75 Å². The molecule has 3 aromatic rings. The van der Waals surface area contributed by atoms with E-state index in [1.807, 2.05) is 36.9 Å². The molecule has 2 aliphatic heterocycles. The van der Waals surface area contributed by atoms with Crippen molar-refractivity contribution in [1.29, 1.82) is 0 Å². The number of hydrogen-bond donors (Lipinski definition) is 0. The molecule has 0 aromatic heterocycles. The van der Waals surface area contributed by atoms with Crippen LogP contribution in [0.5, 0.6) is 5.75 Å². The van der Waals surface area contributed by atoms with Gasteiger partial charge in [-0.2, -0.15) is 13.2 Å². The second-order valence-electron chi connectivity index (χ2n) is 14.5. The number of ether oxygens (including phenoxy) is 2. The van der Waals surface area contributed by atoms with Gasteiger partial charge in [0.15, 0.2) is 0 Å². The molecule has 2 aliphatic carbocycles. The van der Waals surface area contributed by atoms with Crippen molar-refractivity contribution in [2.75, 3.05) is 19.6 Å². The van der Waals surface area contributed by atoms with Crippen LogP contribution < -0.4 is 4.74 Å². The molecule has 3 aromatic carbocycles. The average molecular weight is 673 g/mol. The van der Waals surface area contributed by atoms with Crippen molar-refractivity contribution in [3.63, 3.8) is 0 Å². The lowest BCUT2D eigenvalue weighted by molar-refractivity contribution is -0.224. The lowest BCUT2D eigenvalue weighted by atomic mass is 9.48. The fourth-order valence-electron chi connectivity index (χ4n) is 9.38. The Hall–Kier alpha value is -4.11. The number of piperidine rings is 1. The third kappa shape index (κ3) is 5.73. The predicted octanol–water partition coefficient (Wildman–Crippen LogP) is 7.24. The quantitative estimate of drug-likeness (QED) is 0.177. The highest BCUT2D eigenvalue weighted by molar-refractivity contribution is 5.92. The van der Waals surface area contributed by atoms with Gasteiger partial charge in [0.2, 0.25) is 5.91 Å². The lowest BCUT2D eigenvalue weighted by Crippen LogP contribution is -2.79. The summed E-state index contributed by atoms with van der Waals surface area (Å²) in [5.74, 6) is 0.318. The van der Waals surface area contributed by atoms with Crippen molar-refractivity contribution in [3.05, 3.63) is 107 Å². The number of alkyl halides is 3. The Morgan fingerprint density at radius 3 is 2.57 bits per heavy atom. The van der Waals surface area contributed by atoms with Crippen LogP contribution >= 0.6 is 0 Å². The van der Waals surface area contributed by atoms with Crippen LogP contribution in [-0.4, -0.2) is 65.1 Å². The van der Waals surface area contributed by atoms with Crippen molar-refractivity contribution in [1.82, 2.24) is 9.80 Å². The van der Waals surface area contributed by atoms with E-state index in [4.69, 9.17) is 9.47 Å². The topological polar surface area (TPSA) is 59.1 Å². The number of halogens is 3. The molecule has 7 rings (SSSR count). The summed E-state index contributed by atoms with van der Waals surface area (Å²) in [5, 5.41) is 0. The number of nitrogens with zero attached hydrogens (tertiary/aromatic N) is 2. The lowest BCUT2D eigenvalue weighted by Gasteiger charge is -2.65. The van der Waals surface area contributed by atoms with E-state index in [2.05, 4.69) is 35.2 Å². The van der Waals surface area contributed by atoms with E-state index >= 15 is 0 Å². The fraction of sp³-hybridized carbons (Fsp3) is 0.450. The highest BCUT2D eigenvalue weighted by Crippen LogP contribution is 2.65. The van der Waals surface area contributed by atoms with Gasteiger partial charge in [-0.25, -0.2) is 0 Å². The van der Waals surface area contributed by atoms with Crippen LogP contribution in [0.25, 0.3) is 6.08 Å². The summed E-state index contributed by atoms with van der Waals surface area (Å²) >= 11 is 0. The molecule has 0 radical (unpaired) electrons. The van der Waals surface area contributed by atoms with Gasteiger partial charge >= 0.3 is 12.1 Å². The third-order valence-electron chi connectivity index (χ3n) is 11.1. The number of benzene rings is 3. The Labute approximate surface area is 285 Å². The number of esters is 1. The van der Waals surface area contributed by atoms with Crippen LogP contribution in [0.4, 0.5) is 13.2 Å². The number of rotatable bonds is 9. The molecule has 1 saturated heterocycles. The molecule has 6 nitrogen and oxygen atoms in total. The Morgan fingerprint density at radius 2 is 1.84 bits per heavy atom.